The van der Waals surface area contributed by atoms with E-state index in [0.717, 1.165) is 0 Å². The van der Waals surface area contributed by atoms with Crippen molar-refractivity contribution >= 4 is 32.0 Å². The summed E-state index contributed by atoms with van der Waals surface area (Å²) in [7, 11) is -3.51. The highest BCUT2D eigenvalue weighted by atomic mass is 79.9. The molecule has 1 saturated heterocycles. The monoisotopic (exact) mass is 414 g/mol. The average Bonchev–Trinajstić information content (AvgIpc) is 3.05. The summed E-state index contributed by atoms with van der Waals surface area (Å²) >= 11 is 3.31. The van der Waals surface area contributed by atoms with Gasteiger partial charge in [-0.15, -0.1) is 0 Å². The lowest BCUT2D eigenvalue weighted by atomic mass is 10.2. The predicted octanol–water partition coefficient (Wildman–Crippen LogP) is 2.47. The minimum Gasteiger partial charge on any atom is -0.322 e. The highest BCUT2D eigenvalue weighted by Gasteiger charge is 2.31. The Balaban J connectivity index is 1.71. The van der Waals surface area contributed by atoms with Crippen LogP contribution in [0.1, 0.15) is 25.6 Å². The Morgan fingerprint density at radius 2 is 1.83 bits per heavy atom. The lowest BCUT2D eigenvalue weighted by molar-refractivity contribution is 0.353. The molecule has 3 rings (SSSR count). The summed E-state index contributed by atoms with van der Waals surface area (Å²) in [5, 5.41) is 3.95. The molecule has 0 radical (unpaired) electrons. The summed E-state index contributed by atoms with van der Waals surface area (Å²) < 4.78 is 32.9. The van der Waals surface area contributed by atoms with Crippen molar-refractivity contribution in [2.75, 3.05) is 31.1 Å². The van der Waals surface area contributed by atoms with Crippen LogP contribution in [-0.2, 0) is 10.0 Å². The first kappa shape index (κ1) is 17.4. The normalized spacial score (nSPS) is 16.8. The molecule has 0 saturated carbocycles. The Bertz CT molecular complexity index is 814. The molecule has 0 N–H and O–H groups in total. The SMILES string of the molecule is CC(C)c1noc(N2CCN(S(=O)(=O)c3ccccc3Br)CC2)n1. The van der Waals surface area contributed by atoms with Crippen molar-refractivity contribution in [2.24, 2.45) is 0 Å². The smallest absolute Gasteiger partial charge is 0.322 e. The van der Waals surface area contributed by atoms with Crippen molar-refractivity contribution in [3.63, 3.8) is 0 Å². The summed E-state index contributed by atoms with van der Waals surface area (Å²) in [6, 6.07) is 7.31. The molecule has 130 valence electrons. The Morgan fingerprint density at radius 3 is 2.42 bits per heavy atom. The summed E-state index contributed by atoms with van der Waals surface area (Å²) in [5.74, 6) is 0.855. The van der Waals surface area contributed by atoms with Crippen LogP contribution < -0.4 is 4.90 Å². The molecule has 7 nitrogen and oxygen atoms in total. The van der Waals surface area contributed by atoms with E-state index < -0.39 is 10.0 Å². The largest absolute Gasteiger partial charge is 0.324 e. The maximum Gasteiger partial charge on any atom is 0.324 e. The van der Waals surface area contributed by atoms with Crippen LogP contribution in [-0.4, -0.2) is 49.0 Å². The van der Waals surface area contributed by atoms with Gasteiger partial charge in [0.25, 0.3) is 0 Å². The van der Waals surface area contributed by atoms with Crippen LogP contribution in [0.15, 0.2) is 38.2 Å². The molecule has 0 amide bonds. The molecule has 0 unspecified atom stereocenters. The van der Waals surface area contributed by atoms with Gasteiger partial charge >= 0.3 is 6.01 Å². The summed E-state index contributed by atoms with van der Waals surface area (Å²) in [5.41, 5.74) is 0. The third kappa shape index (κ3) is 3.33. The first-order chi connectivity index (χ1) is 11.4. The van der Waals surface area contributed by atoms with E-state index in [1.807, 2.05) is 18.7 Å². The van der Waals surface area contributed by atoms with E-state index >= 15 is 0 Å². The second kappa shape index (κ2) is 6.81. The lowest BCUT2D eigenvalue weighted by Gasteiger charge is -2.32. The maximum atomic E-state index is 12.8. The summed E-state index contributed by atoms with van der Waals surface area (Å²) in [6.45, 7) is 5.78. The van der Waals surface area contributed by atoms with E-state index in [1.54, 1.807) is 24.3 Å². The van der Waals surface area contributed by atoms with Crippen LogP contribution in [0.2, 0.25) is 0 Å². The van der Waals surface area contributed by atoms with Gasteiger partial charge in [0.15, 0.2) is 5.82 Å². The van der Waals surface area contributed by atoms with E-state index in [2.05, 4.69) is 26.1 Å². The second-order valence-corrected chi connectivity index (χ2v) is 8.67. The first-order valence-electron chi connectivity index (χ1n) is 7.73. The molecule has 1 aliphatic rings. The minimum atomic E-state index is -3.51. The van der Waals surface area contributed by atoms with Gasteiger partial charge in [-0.2, -0.15) is 9.29 Å². The number of nitrogens with zero attached hydrogens (tertiary/aromatic N) is 4. The van der Waals surface area contributed by atoms with Crippen molar-refractivity contribution in [1.82, 2.24) is 14.4 Å². The minimum absolute atomic E-state index is 0.194. The molecule has 0 spiro atoms. The molecule has 24 heavy (non-hydrogen) atoms. The lowest BCUT2D eigenvalue weighted by Crippen LogP contribution is -2.48. The molecule has 1 aliphatic heterocycles. The summed E-state index contributed by atoms with van der Waals surface area (Å²) in [4.78, 5) is 6.58. The summed E-state index contributed by atoms with van der Waals surface area (Å²) in [6.07, 6.45) is 0. The van der Waals surface area contributed by atoms with Gasteiger partial charge < -0.3 is 9.42 Å². The van der Waals surface area contributed by atoms with Crippen LogP contribution in [0.3, 0.4) is 0 Å². The molecule has 0 bridgehead atoms. The van der Waals surface area contributed by atoms with Gasteiger partial charge in [-0.05, 0) is 28.1 Å². The van der Waals surface area contributed by atoms with Crippen molar-refractivity contribution in [1.29, 1.82) is 0 Å². The van der Waals surface area contributed by atoms with Gasteiger partial charge in [0.1, 0.15) is 0 Å². The van der Waals surface area contributed by atoms with Crippen LogP contribution >= 0.6 is 15.9 Å². The van der Waals surface area contributed by atoms with Gasteiger partial charge in [-0.1, -0.05) is 31.1 Å². The quantitative estimate of drug-likeness (QED) is 0.764. The Morgan fingerprint density at radius 1 is 1.17 bits per heavy atom. The molecule has 1 aromatic carbocycles. The average molecular weight is 415 g/mol. The first-order valence-corrected chi connectivity index (χ1v) is 9.96. The van der Waals surface area contributed by atoms with Gasteiger partial charge in [0, 0.05) is 36.6 Å². The third-order valence-electron chi connectivity index (χ3n) is 3.91. The van der Waals surface area contributed by atoms with E-state index in [1.165, 1.54) is 4.31 Å². The molecular weight excluding hydrogens is 396 g/mol. The second-order valence-electron chi connectivity index (χ2n) is 5.91. The Hall–Kier alpha value is -1.45. The Labute approximate surface area is 149 Å². The fraction of sp³-hybridized carbons (Fsp3) is 0.467. The molecule has 0 atom stereocenters. The molecule has 2 aromatic rings. The van der Waals surface area contributed by atoms with Crippen molar-refractivity contribution in [2.45, 2.75) is 24.7 Å². The van der Waals surface area contributed by atoms with Crippen molar-refractivity contribution in [3.8, 4) is 0 Å². The molecular formula is C15H19BrN4O3S. The van der Waals surface area contributed by atoms with Gasteiger partial charge in [-0.25, -0.2) is 8.42 Å². The number of rotatable bonds is 4. The molecule has 0 aliphatic carbocycles. The number of piperazine rings is 1. The fourth-order valence-corrected chi connectivity index (χ4v) is 4.89. The number of aromatic nitrogens is 2. The third-order valence-corrected chi connectivity index (χ3v) is 6.82. The van der Waals surface area contributed by atoms with Gasteiger partial charge in [0.05, 0.1) is 4.90 Å². The number of anilines is 1. The standard InChI is InChI=1S/C15H19BrN4O3S/c1-11(2)14-17-15(23-18-14)19-7-9-20(10-8-19)24(21,22)13-6-4-3-5-12(13)16/h3-6,11H,7-10H2,1-2H3. The number of halogens is 1. The number of hydrogen-bond acceptors (Lipinski definition) is 6. The number of sulfonamides is 1. The maximum absolute atomic E-state index is 12.8. The van der Waals surface area contributed by atoms with Crippen molar-refractivity contribution < 1.29 is 12.9 Å². The number of hydrogen-bond donors (Lipinski definition) is 0. The van der Waals surface area contributed by atoms with E-state index in [4.69, 9.17) is 4.52 Å². The molecule has 1 fully saturated rings. The molecule has 1 aromatic heterocycles. The van der Waals surface area contributed by atoms with Crippen LogP contribution in [0, 0.1) is 0 Å². The van der Waals surface area contributed by atoms with Gasteiger partial charge in [-0.3, -0.25) is 0 Å². The van der Waals surface area contributed by atoms with Crippen LogP contribution in [0.25, 0.3) is 0 Å². The van der Waals surface area contributed by atoms with E-state index in [-0.39, 0.29) is 5.92 Å². The molecule has 2 heterocycles. The topological polar surface area (TPSA) is 79.5 Å². The van der Waals surface area contributed by atoms with E-state index in [9.17, 15) is 8.42 Å². The van der Waals surface area contributed by atoms with E-state index in [0.29, 0.717) is 47.4 Å². The van der Waals surface area contributed by atoms with Gasteiger partial charge in [0.2, 0.25) is 10.0 Å². The Kier molecular flexibility index (Phi) is 4.93. The highest BCUT2D eigenvalue weighted by Crippen LogP contribution is 2.26. The predicted molar refractivity (Wildman–Crippen MR) is 93.5 cm³/mol. The zero-order chi connectivity index (χ0) is 17.3. The fourth-order valence-electron chi connectivity index (χ4n) is 2.50. The van der Waals surface area contributed by atoms with Crippen molar-refractivity contribution in [3.05, 3.63) is 34.6 Å². The zero-order valence-corrected chi connectivity index (χ0v) is 15.9. The highest BCUT2D eigenvalue weighted by molar-refractivity contribution is 9.10. The number of benzene rings is 1. The van der Waals surface area contributed by atoms with Crippen LogP contribution in [0.5, 0.6) is 0 Å². The molecule has 9 heteroatoms. The van der Waals surface area contributed by atoms with Crippen LogP contribution in [0.4, 0.5) is 6.01 Å². The zero-order valence-electron chi connectivity index (χ0n) is 13.5.